The van der Waals surface area contributed by atoms with Crippen LogP contribution in [0.1, 0.15) is 11.8 Å². The molecule has 25 heavy (non-hydrogen) atoms. The fraction of sp³-hybridized carbons (Fsp3) is 0.267. The maximum absolute atomic E-state index is 12.8. The van der Waals surface area contributed by atoms with Gasteiger partial charge in [-0.1, -0.05) is 12.1 Å². The third-order valence-corrected chi connectivity index (χ3v) is 6.70. The van der Waals surface area contributed by atoms with Crippen molar-refractivity contribution in [3.63, 3.8) is 0 Å². The van der Waals surface area contributed by atoms with Crippen molar-refractivity contribution in [3.05, 3.63) is 41.3 Å². The highest BCUT2D eigenvalue weighted by Gasteiger charge is 2.55. The lowest BCUT2D eigenvalue weighted by Gasteiger charge is -2.25. The summed E-state index contributed by atoms with van der Waals surface area (Å²) in [5, 5.41) is 11.3. The zero-order valence-electron chi connectivity index (χ0n) is 13.1. The molecule has 1 heterocycles. The number of alkyl halides is 3. The molecule has 2 rings (SSSR count). The number of nitrogens with one attached hydrogen (secondary N) is 1. The van der Waals surface area contributed by atoms with Gasteiger partial charge in [0.25, 0.3) is 5.91 Å². The molecule has 0 saturated heterocycles. The summed E-state index contributed by atoms with van der Waals surface area (Å²) in [5.41, 5.74) is -4.01. The van der Waals surface area contributed by atoms with E-state index in [-0.39, 0.29) is 14.8 Å². The Hall–Kier alpha value is -1.91. The second-order valence-electron chi connectivity index (χ2n) is 5.39. The molecule has 1 atom stereocenters. The number of thiophene rings is 1. The first kappa shape index (κ1) is 19.4. The molecule has 2 N–H and O–H groups in total. The molecule has 136 valence electrons. The first-order valence-corrected chi connectivity index (χ1v) is 9.18. The molecular formula is C15H14F3NO4S2. The van der Waals surface area contributed by atoms with Crippen LogP contribution in [0.2, 0.25) is 0 Å². The smallest absolute Gasteiger partial charge is 0.373 e. The molecule has 0 unspecified atom stereocenters. The van der Waals surface area contributed by atoms with Crippen molar-refractivity contribution < 1.29 is 31.5 Å². The molecule has 1 aromatic heterocycles. The SMILES string of the molecule is Cc1ccc(S(=O)(=O)c2ccccc2NC(=O)[C@@](C)(O)C(F)(F)F)s1. The minimum absolute atomic E-state index is 0.00530. The van der Waals surface area contributed by atoms with Crippen LogP contribution in [0.25, 0.3) is 0 Å². The minimum atomic E-state index is -5.21. The number of sulfone groups is 1. The molecule has 0 saturated carbocycles. The first-order valence-electron chi connectivity index (χ1n) is 6.88. The van der Waals surface area contributed by atoms with Crippen LogP contribution in [0.5, 0.6) is 0 Å². The predicted octanol–water partition coefficient (Wildman–Crippen LogP) is 3.14. The number of aryl methyl sites for hydroxylation is 1. The lowest BCUT2D eigenvalue weighted by Crippen LogP contribution is -2.52. The van der Waals surface area contributed by atoms with Gasteiger partial charge in [0.15, 0.2) is 0 Å². The van der Waals surface area contributed by atoms with E-state index in [0.29, 0.717) is 6.92 Å². The molecule has 0 spiro atoms. The Morgan fingerprint density at radius 1 is 1.16 bits per heavy atom. The number of benzene rings is 1. The summed E-state index contributed by atoms with van der Waals surface area (Å²) < 4.78 is 63.6. The van der Waals surface area contributed by atoms with Crippen LogP contribution in [-0.2, 0) is 14.6 Å². The summed E-state index contributed by atoms with van der Waals surface area (Å²) in [4.78, 5) is 12.2. The molecule has 1 amide bonds. The van der Waals surface area contributed by atoms with Gasteiger partial charge in [-0.15, -0.1) is 11.3 Å². The maximum Gasteiger partial charge on any atom is 0.426 e. The number of hydrogen-bond donors (Lipinski definition) is 2. The molecule has 10 heteroatoms. The first-order chi connectivity index (χ1) is 11.4. The van der Waals surface area contributed by atoms with Crippen LogP contribution in [0.15, 0.2) is 45.5 Å². The number of anilines is 1. The van der Waals surface area contributed by atoms with Crippen molar-refractivity contribution in [3.8, 4) is 0 Å². The van der Waals surface area contributed by atoms with Gasteiger partial charge in [-0.25, -0.2) is 8.42 Å². The van der Waals surface area contributed by atoms with Crippen LogP contribution in [0, 0.1) is 6.92 Å². The van der Waals surface area contributed by atoms with Crippen LogP contribution < -0.4 is 5.32 Å². The quantitative estimate of drug-likeness (QED) is 0.836. The van der Waals surface area contributed by atoms with Gasteiger partial charge < -0.3 is 10.4 Å². The average molecular weight is 393 g/mol. The second kappa shape index (κ2) is 6.43. The molecule has 1 aromatic carbocycles. The predicted molar refractivity (Wildman–Crippen MR) is 86.3 cm³/mol. The van der Waals surface area contributed by atoms with E-state index in [1.54, 1.807) is 13.0 Å². The fourth-order valence-corrected chi connectivity index (χ4v) is 4.66. The van der Waals surface area contributed by atoms with Gasteiger partial charge in [-0.3, -0.25) is 4.79 Å². The summed E-state index contributed by atoms with van der Waals surface area (Å²) in [6, 6.07) is 8.02. The highest BCUT2D eigenvalue weighted by atomic mass is 32.2. The molecule has 0 bridgehead atoms. The van der Waals surface area contributed by atoms with Gasteiger partial charge in [0.2, 0.25) is 15.4 Å². The van der Waals surface area contributed by atoms with Crippen molar-refractivity contribution in [1.29, 1.82) is 0 Å². The Bertz CT molecular complexity index is 901. The summed E-state index contributed by atoms with van der Waals surface area (Å²) >= 11 is 0.997. The topological polar surface area (TPSA) is 83.5 Å². The van der Waals surface area contributed by atoms with E-state index < -0.39 is 27.5 Å². The van der Waals surface area contributed by atoms with Crippen molar-refractivity contribution in [1.82, 2.24) is 0 Å². The molecule has 0 aliphatic carbocycles. The molecule has 2 aromatic rings. The summed E-state index contributed by atoms with van der Waals surface area (Å²) in [6.07, 6.45) is -5.21. The lowest BCUT2D eigenvalue weighted by atomic mass is 10.1. The van der Waals surface area contributed by atoms with Gasteiger partial charge in [-0.05, 0) is 38.1 Å². The Morgan fingerprint density at radius 3 is 2.28 bits per heavy atom. The largest absolute Gasteiger partial charge is 0.426 e. The minimum Gasteiger partial charge on any atom is -0.373 e. The van der Waals surface area contributed by atoms with E-state index in [4.69, 9.17) is 0 Å². The van der Waals surface area contributed by atoms with E-state index in [9.17, 15) is 31.5 Å². The summed E-state index contributed by atoms with van der Waals surface area (Å²) in [5.74, 6) is -1.77. The molecule has 0 aliphatic rings. The Labute approximate surface area is 146 Å². The Morgan fingerprint density at radius 2 is 1.76 bits per heavy atom. The van der Waals surface area contributed by atoms with Crippen molar-refractivity contribution in [2.24, 2.45) is 0 Å². The number of aliphatic hydroxyl groups is 1. The van der Waals surface area contributed by atoms with Crippen molar-refractivity contribution in [2.75, 3.05) is 5.32 Å². The number of hydrogen-bond acceptors (Lipinski definition) is 5. The van der Waals surface area contributed by atoms with Crippen molar-refractivity contribution >= 4 is 32.8 Å². The summed E-state index contributed by atoms with van der Waals surface area (Å²) in [6.45, 7) is 2.00. The third kappa shape index (κ3) is 3.70. The maximum atomic E-state index is 12.8. The zero-order chi connectivity index (χ0) is 19.0. The zero-order valence-corrected chi connectivity index (χ0v) is 14.7. The van der Waals surface area contributed by atoms with E-state index in [1.165, 1.54) is 24.3 Å². The fourth-order valence-electron chi connectivity index (χ4n) is 1.84. The highest BCUT2D eigenvalue weighted by Crippen LogP contribution is 2.34. The molecule has 0 aliphatic heterocycles. The third-order valence-electron chi connectivity index (χ3n) is 3.40. The van der Waals surface area contributed by atoms with Crippen LogP contribution >= 0.6 is 11.3 Å². The number of carbonyl (C=O) groups excluding carboxylic acids is 1. The number of para-hydroxylation sites is 1. The number of halogens is 3. The molecular weight excluding hydrogens is 379 g/mol. The van der Waals surface area contributed by atoms with Crippen molar-refractivity contribution in [2.45, 2.75) is 34.7 Å². The molecule has 5 nitrogen and oxygen atoms in total. The van der Waals surface area contributed by atoms with E-state index >= 15 is 0 Å². The van der Waals surface area contributed by atoms with Crippen LogP contribution in [0.3, 0.4) is 0 Å². The average Bonchev–Trinajstić information content (AvgIpc) is 2.93. The second-order valence-corrected chi connectivity index (χ2v) is 8.82. The number of carbonyl (C=O) groups is 1. The Balaban J connectivity index is 2.45. The lowest BCUT2D eigenvalue weighted by molar-refractivity contribution is -0.242. The van der Waals surface area contributed by atoms with Gasteiger partial charge in [0, 0.05) is 4.88 Å². The number of rotatable bonds is 4. The van der Waals surface area contributed by atoms with Gasteiger partial charge in [0.1, 0.15) is 4.21 Å². The monoisotopic (exact) mass is 393 g/mol. The van der Waals surface area contributed by atoms with Gasteiger partial charge in [0.05, 0.1) is 10.6 Å². The van der Waals surface area contributed by atoms with E-state index in [2.05, 4.69) is 0 Å². The van der Waals surface area contributed by atoms with Crippen LogP contribution in [-0.4, -0.2) is 31.2 Å². The highest BCUT2D eigenvalue weighted by molar-refractivity contribution is 7.93. The van der Waals surface area contributed by atoms with Crippen LogP contribution in [0.4, 0.5) is 18.9 Å². The standard InChI is InChI=1S/C15H14F3NO4S2/c1-9-7-8-12(24-9)25(22,23)11-6-4-3-5-10(11)19-13(20)14(2,21)15(16,17)18/h3-8,21H,1-2H3,(H,19,20)/t14-/m1/s1. The van der Waals surface area contributed by atoms with Gasteiger partial charge in [-0.2, -0.15) is 13.2 Å². The van der Waals surface area contributed by atoms with E-state index in [1.807, 2.05) is 5.32 Å². The van der Waals surface area contributed by atoms with Gasteiger partial charge >= 0.3 is 6.18 Å². The Kier molecular flexibility index (Phi) is 4.99. The molecule has 0 fully saturated rings. The van der Waals surface area contributed by atoms with E-state index in [0.717, 1.165) is 22.3 Å². The molecule has 0 radical (unpaired) electrons. The number of amides is 1. The normalized spacial score (nSPS) is 14.8. The summed E-state index contributed by atoms with van der Waals surface area (Å²) in [7, 11) is -4.03.